The van der Waals surface area contributed by atoms with E-state index in [-0.39, 0.29) is 5.91 Å². The fourth-order valence-corrected chi connectivity index (χ4v) is 1.60. The molecule has 0 aliphatic heterocycles. The molecule has 0 fully saturated rings. The molecule has 0 saturated heterocycles. The fourth-order valence-electron chi connectivity index (χ4n) is 1.23. The molecule has 1 aromatic rings. The number of carbonyl (C=O) groups excluding carboxylic acids is 1. The zero-order valence-corrected chi connectivity index (χ0v) is 11.1. The molecule has 0 bridgehead atoms. The Bertz CT molecular complexity index is 461. The summed E-state index contributed by atoms with van der Waals surface area (Å²) in [4.78, 5) is 11.9. The van der Waals surface area contributed by atoms with Crippen molar-refractivity contribution in [3.63, 3.8) is 0 Å². The molecule has 4 heteroatoms. The van der Waals surface area contributed by atoms with Crippen molar-refractivity contribution in [3.05, 3.63) is 33.8 Å². The fraction of sp³-hybridized carbons (Fsp3) is 0.333. The first kappa shape index (κ1) is 12.7. The molecule has 0 radical (unpaired) electrons. The lowest BCUT2D eigenvalue weighted by Gasteiger charge is -2.18. The number of nitriles is 1. The number of hydrogen-bond donors (Lipinski definition) is 1. The predicted octanol–water partition coefficient (Wildman–Crippen LogP) is 2.79. The summed E-state index contributed by atoms with van der Waals surface area (Å²) in [6.45, 7) is 5.19. The number of halogens is 1. The van der Waals surface area contributed by atoms with Crippen LogP contribution < -0.4 is 5.32 Å². The molecule has 0 aliphatic rings. The lowest BCUT2D eigenvalue weighted by atomic mass is 10.0. The second-order valence-electron chi connectivity index (χ2n) is 4.10. The van der Waals surface area contributed by atoms with Crippen LogP contribution in [0, 0.1) is 18.3 Å². The molecule has 16 heavy (non-hydrogen) atoms. The SMILES string of the molecule is Cc1c(Br)cccc1C(=O)NC(C)(C)C#N. The standard InChI is InChI=1S/C12H13BrN2O/c1-8-9(5-4-6-10(8)13)11(16)15-12(2,3)7-14/h4-6H,1-3H3,(H,15,16). The van der Waals surface area contributed by atoms with Crippen molar-refractivity contribution in [2.45, 2.75) is 26.3 Å². The molecule has 0 saturated carbocycles. The normalized spacial score (nSPS) is 10.7. The Hall–Kier alpha value is -1.34. The first-order chi connectivity index (χ1) is 7.37. The summed E-state index contributed by atoms with van der Waals surface area (Å²) >= 11 is 3.37. The molecule has 0 heterocycles. The van der Waals surface area contributed by atoms with E-state index in [4.69, 9.17) is 5.26 Å². The Labute approximate surface area is 104 Å². The number of amides is 1. The zero-order valence-electron chi connectivity index (χ0n) is 9.47. The average Bonchev–Trinajstić information content (AvgIpc) is 2.21. The van der Waals surface area contributed by atoms with Crippen LogP contribution in [0.15, 0.2) is 22.7 Å². The summed E-state index contributed by atoms with van der Waals surface area (Å²) in [7, 11) is 0. The molecule has 3 nitrogen and oxygen atoms in total. The number of carbonyl (C=O) groups is 1. The Morgan fingerprint density at radius 2 is 2.12 bits per heavy atom. The molecule has 0 aromatic heterocycles. The number of nitrogens with zero attached hydrogens (tertiary/aromatic N) is 1. The number of nitrogens with one attached hydrogen (secondary N) is 1. The van der Waals surface area contributed by atoms with Crippen LogP contribution in [0.25, 0.3) is 0 Å². The summed E-state index contributed by atoms with van der Waals surface area (Å²) in [5.41, 5.74) is 0.595. The van der Waals surface area contributed by atoms with Crippen LogP contribution in [0.3, 0.4) is 0 Å². The summed E-state index contributed by atoms with van der Waals surface area (Å²) in [5, 5.41) is 11.5. The van der Waals surface area contributed by atoms with E-state index < -0.39 is 5.54 Å². The molecule has 1 rings (SSSR count). The minimum atomic E-state index is -0.855. The van der Waals surface area contributed by atoms with E-state index in [0.29, 0.717) is 5.56 Å². The number of benzene rings is 1. The maximum atomic E-state index is 11.9. The Balaban J connectivity index is 2.99. The van der Waals surface area contributed by atoms with Gasteiger partial charge in [0.2, 0.25) is 0 Å². The van der Waals surface area contributed by atoms with Crippen molar-refractivity contribution in [2.24, 2.45) is 0 Å². The largest absolute Gasteiger partial charge is 0.334 e. The summed E-state index contributed by atoms with van der Waals surface area (Å²) in [5.74, 6) is -0.231. The van der Waals surface area contributed by atoms with Gasteiger partial charge in [-0.2, -0.15) is 5.26 Å². The van der Waals surface area contributed by atoms with Crippen molar-refractivity contribution in [1.82, 2.24) is 5.32 Å². The van der Waals surface area contributed by atoms with Crippen LogP contribution in [0.5, 0.6) is 0 Å². The van der Waals surface area contributed by atoms with Gasteiger partial charge in [0.15, 0.2) is 0 Å². The number of hydrogen-bond acceptors (Lipinski definition) is 2. The molecule has 0 atom stereocenters. The quantitative estimate of drug-likeness (QED) is 0.906. The molecule has 1 aromatic carbocycles. The van der Waals surface area contributed by atoms with E-state index in [1.807, 2.05) is 19.1 Å². The van der Waals surface area contributed by atoms with Gasteiger partial charge in [0.1, 0.15) is 5.54 Å². The van der Waals surface area contributed by atoms with Crippen LogP contribution in [0.2, 0.25) is 0 Å². The van der Waals surface area contributed by atoms with Gasteiger partial charge in [-0.3, -0.25) is 4.79 Å². The Morgan fingerprint density at radius 1 is 1.50 bits per heavy atom. The second kappa shape index (κ2) is 4.67. The van der Waals surface area contributed by atoms with Crippen LogP contribution >= 0.6 is 15.9 Å². The van der Waals surface area contributed by atoms with Crippen LogP contribution in [0.4, 0.5) is 0 Å². The Kier molecular flexibility index (Phi) is 3.71. The highest BCUT2D eigenvalue weighted by atomic mass is 79.9. The first-order valence-corrected chi connectivity index (χ1v) is 5.65. The summed E-state index contributed by atoms with van der Waals surface area (Å²) in [6, 6.07) is 7.44. The smallest absolute Gasteiger partial charge is 0.252 e. The zero-order chi connectivity index (χ0) is 12.3. The maximum Gasteiger partial charge on any atom is 0.252 e. The van der Waals surface area contributed by atoms with Gasteiger partial charge in [-0.05, 0) is 38.5 Å². The van der Waals surface area contributed by atoms with Gasteiger partial charge in [-0.15, -0.1) is 0 Å². The van der Waals surface area contributed by atoms with Crippen LogP contribution in [-0.2, 0) is 0 Å². The van der Waals surface area contributed by atoms with E-state index in [1.54, 1.807) is 26.0 Å². The highest BCUT2D eigenvalue weighted by molar-refractivity contribution is 9.10. The second-order valence-corrected chi connectivity index (χ2v) is 4.96. The first-order valence-electron chi connectivity index (χ1n) is 4.86. The van der Waals surface area contributed by atoms with Gasteiger partial charge in [-0.1, -0.05) is 22.0 Å². The third kappa shape index (κ3) is 2.83. The third-order valence-electron chi connectivity index (χ3n) is 2.22. The van der Waals surface area contributed by atoms with E-state index in [2.05, 4.69) is 21.2 Å². The monoisotopic (exact) mass is 280 g/mol. The van der Waals surface area contributed by atoms with Crippen molar-refractivity contribution in [3.8, 4) is 6.07 Å². The lowest BCUT2D eigenvalue weighted by Crippen LogP contribution is -2.42. The topological polar surface area (TPSA) is 52.9 Å². The maximum absolute atomic E-state index is 11.9. The molecule has 1 amide bonds. The van der Waals surface area contributed by atoms with Crippen molar-refractivity contribution in [1.29, 1.82) is 5.26 Å². The van der Waals surface area contributed by atoms with Gasteiger partial charge in [-0.25, -0.2) is 0 Å². The van der Waals surface area contributed by atoms with E-state index in [9.17, 15) is 4.79 Å². The Morgan fingerprint density at radius 3 is 2.69 bits per heavy atom. The van der Waals surface area contributed by atoms with E-state index in [1.165, 1.54) is 0 Å². The molecule has 0 unspecified atom stereocenters. The van der Waals surface area contributed by atoms with Crippen LogP contribution in [-0.4, -0.2) is 11.4 Å². The molecular formula is C12H13BrN2O. The van der Waals surface area contributed by atoms with Gasteiger partial charge < -0.3 is 5.32 Å². The summed E-state index contributed by atoms with van der Waals surface area (Å²) in [6.07, 6.45) is 0. The molecule has 1 N–H and O–H groups in total. The minimum absolute atomic E-state index is 0.231. The van der Waals surface area contributed by atoms with Gasteiger partial charge in [0, 0.05) is 10.0 Å². The predicted molar refractivity (Wildman–Crippen MR) is 66.0 cm³/mol. The molecular weight excluding hydrogens is 268 g/mol. The van der Waals surface area contributed by atoms with Crippen molar-refractivity contribution < 1.29 is 4.79 Å². The lowest BCUT2D eigenvalue weighted by molar-refractivity contribution is 0.0928. The van der Waals surface area contributed by atoms with Gasteiger partial charge in [0.25, 0.3) is 5.91 Å². The summed E-state index contributed by atoms with van der Waals surface area (Å²) < 4.78 is 0.884. The van der Waals surface area contributed by atoms with E-state index >= 15 is 0 Å². The minimum Gasteiger partial charge on any atom is -0.334 e. The highest BCUT2D eigenvalue weighted by Gasteiger charge is 2.21. The molecule has 84 valence electrons. The average molecular weight is 281 g/mol. The van der Waals surface area contributed by atoms with Crippen LogP contribution in [0.1, 0.15) is 29.8 Å². The van der Waals surface area contributed by atoms with Crippen molar-refractivity contribution in [2.75, 3.05) is 0 Å². The third-order valence-corrected chi connectivity index (χ3v) is 3.08. The van der Waals surface area contributed by atoms with Gasteiger partial charge in [0.05, 0.1) is 6.07 Å². The van der Waals surface area contributed by atoms with E-state index in [0.717, 1.165) is 10.0 Å². The molecule has 0 spiro atoms. The molecule has 0 aliphatic carbocycles. The van der Waals surface area contributed by atoms with Crippen molar-refractivity contribution >= 4 is 21.8 Å². The van der Waals surface area contributed by atoms with Gasteiger partial charge >= 0.3 is 0 Å². The number of rotatable bonds is 2. The highest BCUT2D eigenvalue weighted by Crippen LogP contribution is 2.19.